The fourth-order valence-corrected chi connectivity index (χ4v) is 4.39. The van der Waals surface area contributed by atoms with Crippen LogP contribution in [0.2, 0.25) is 0 Å². The third kappa shape index (κ3) is 6.97. The highest BCUT2D eigenvalue weighted by atomic mass is 35.5. The Bertz CT molecular complexity index is 635. The zero-order valence-corrected chi connectivity index (χ0v) is 17.9. The Morgan fingerprint density at radius 1 is 1.37 bits per heavy atom. The minimum Gasteiger partial charge on any atom is -0.339 e. The van der Waals surface area contributed by atoms with Gasteiger partial charge in [0.1, 0.15) is 0 Å². The van der Waals surface area contributed by atoms with Crippen molar-refractivity contribution in [2.75, 3.05) is 32.4 Å². The van der Waals surface area contributed by atoms with E-state index < -0.39 is 0 Å². The number of benzene rings is 1. The van der Waals surface area contributed by atoms with Crippen molar-refractivity contribution in [3.8, 4) is 0 Å². The van der Waals surface area contributed by atoms with Gasteiger partial charge in [-0.05, 0) is 62.6 Å². The number of nitrogens with one attached hydrogen (secondary N) is 1. The van der Waals surface area contributed by atoms with Gasteiger partial charge in [-0.25, -0.2) is 0 Å². The molecule has 0 spiro atoms. The lowest BCUT2D eigenvalue weighted by molar-refractivity contribution is -0.387. The average Bonchev–Trinajstić information content (AvgIpc) is 2.62. The Hall–Kier alpha value is -1.31. The van der Waals surface area contributed by atoms with Crippen LogP contribution in [-0.4, -0.2) is 48.2 Å². The molecule has 8 heteroatoms. The van der Waals surface area contributed by atoms with Crippen LogP contribution in [0.4, 0.5) is 5.69 Å². The van der Waals surface area contributed by atoms with Crippen molar-refractivity contribution in [2.24, 2.45) is 11.8 Å². The molecule has 1 aliphatic heterocycles. The molecule has 0 saturated carbocycles. The van der Waals surface area contributed by atoms with Crippen molar-refractivity contribution in [1.82, 2.24) is 10.2 Å². The summed E-state index contributed by atoms with van der Waals surface area (Å²) in [5.41, 5.74) is 0.451. The van der Waals surface area contributed by atoms with Crippen molar-refractivity contribution in [3.05, 3.63) is 33.9 Å². The Balaban J connectivity index is 0.00000364. The smallest absolute Gasteiger partial charge is 0.283 e. The van der Waals surface area contributed by atoms with Crippen LogP contribution < -0.4 is 5.32 Å². The molecular formula is C19H30ClN3O3S. The summed E-state index contributed by atoms with van der Waals surface area (Å²) in [6.07, 6.45) is 2.94. The highest BCUT2D eigenvalue weighted by Crippen LogP contribution is 2.32. The van der Waals surface area contributed by atoms with Crippen molar-refractivity contribution >= 4 is 35.8 Å². The van der Waals surface area contributed by atoms with E-state index in [1.54, 1.807) is 12.1 Å². The van der Waals surface area contributed by atoms with Gasteiger partial charge < -0.3 is 10.2 Å². The SMILES string of the molecule is CNCC1CCN(C(=O)c2ccc(SCCC(C)C)c([N+](=O)[O-])c2)CC1.Cl. The molecule has 0 aliphatic carbocycles. The molecule has 0 unspecified atom stereocenters. The summed E-state index contributed by atoms with van der Waals surface area (Å²) in [6, 6.07) is 4.90. The largest absolute Gasteiger partial charge is 0.339 e. The zero-order valence-electron chi connectivity index (χ0n) is 16.3. The van der Waals surface area contributed by atoms with Gasteiger partial charge in [-0.2, -0.15) is 0 Å². The minimum atomic E-state index is -0.381. The van der Waals surface area contributed by atoms with Gasteiger partial charge in [0, 0.05) is 24.7 Å². The van der Waals surface area contributed by atoms with E-state index in [0.717, 1.165) is 31.6 Å². The highest BCUT2D eigenvalue weighted by molar-refractivity contribution is 7.99. The zero-order chi connectivity index (χ0) is 19.1. The molecule has 1 N–H and O–H groups in total. The molecule has 1 aromatic carbocycles. The number of nitro benzene ring substituents is 1. The van der Waals surface area contributed by atoms with Crippen LogP contribution >= 0.6 is 24.2 Å². The van der Waals surface area contributed by atoms with Gasteiger partial charge in [-0.15, -0.1) is 24.2 Å². The van der Waals surface area contributed by atoms with Crippen molar-refractivity contribution < 1.29 is 9.72 Å². The Morgan fingerprint density at radius 3 is 2.59 bits per heavy atom. The number of carbonyl (C=O) groups is 1. The summed E-state index contributed by atoms with van der Waals surface area (Å²) in [7, 11) is 1.94. The number of rotatable bonds is 8. The first kappa shape index (κ1) is 23.7. The summed E-state index contributed by atoms with van der Waals surface area (Å²) in [5.74, 6) is 1.89. The first-order valence-electron chi connectivity index (χ1n) is 9.27. The maximum Gasteiger partial charge on any atom is 0.283 e. The molecular weight excluding hydrogens is 386 g/mol. The molecule has 2 rings (SSSR count). The summed E-state index contributed by atoms with van der Waals surface area (Å²) < 4.78 is 0. The Morgan fingerprint density at radius 2 is 2.04 bits per heavy atom. The van der Waals surface area contributed by atoms with Gasteiger partial charge in [0.2, 0.25) is 0 Å². The van der Waals surface area contributed by atoms with Crippen LogP contribution in [0.25, 0.3) is 0 Å². The molecule has 27 heavy (non-hydrogen) atoms. The van der Waals surface area contributed by atoms with Crippen molar-refractivity contribution in [3.63, 3.8) is 0 Å². The van der Waals surface area contributed by atoms with Crippen LogP contribution in [-0.2, 0) is 0 Å². The van der Waals surface area contributed by atoms with Gasteiger partial charge in [0.05, 0.1) is 9.82 Å². The second kappa shape index (κ2) is 11.5. The van der Waals surface area contributed by atoms with E-state index >= 15 is 0 Å². The maximum atomic E-state index is 12.7. The molecule has 1 amide bonds. The number of halogens is 1. The van der Waals surface area contributed by atoms with Gasteiger partial charge in [-0.1, -0.05) is 13.8 Å². The number of carbonyl (C=O) groups excluding carboxylic acids is 1. The van der Waals surface area contributed by atoms with Crippen LogP contribution in [0, 0.1) is 22.0 Å². The molecule has 1 heterocycles. The highest BCUT2D eigenvalue weighted by Gasteiger charge is 2.25. The molecule has 0 aromatic heterocycles. The predicted octanol–water partition coefficient (Wildman–Crippen LogP) is 4.23. The van der Waals surface area contributed by atoms with Crippen LogP contribution in [0.5, 0.6) is 0 Å². The molecule has 1 saturated heterocycles. The number of hydrogen-bond acceptors (Lipinski definition) is 5. The van der Waals surface area contributed by atoms with E-state index in [2.05, 4.69) is 19.2 Å². The van der Waals surface area contributed by atoms with E-state index in [1.165, 1.54) is 17.8 Å². The molecule has 0 bridgehead atoms. The second-order valence-electron chi connectivity index (χ2n) is 7.26. The topological polar surface area (TPSA) is 75.5 Å². The molecule has 0 radical (unpaired) electrons. The van der Waals surface area contributed by atoms with E-state index in [1.807, 2.05) is 11.9 Å². The number of piperidine rings is 1. The standard InChI is InChI=1S/C19H29N3O3S.ClH/c1-14(2)8-11-26-18-5-4-16(12-17(18)22(24)25)19(23)21-9-6-15(7-10-21)13-20-3;/h4-5,12,14-15,20H,6-11,13H2,1-3H3;1H. The van der Waals surface area contributed by atoms with E-state index in [9.17, 15) is 14.9 Å². The van der Waals surface area contributed by atoms with E-state index in [-0.39, 0.29) is 28.9 Å². The first-order valence-corrected chi connectivity index (χ1v) is 10.3. The summed E-state index contributed by atoms with van der Waals surface area (Å²) in [4.78, 5) is 26.3. The summed E-state index contributed by atoms with van der Waals surface area (Å²) in [6.45, 7) is 6.66. The average molecular weight is 416 g/mol. The lowest BCUT2D eigenvalue weighted by Gasteiger charge is -2.32. The fraction of sp³-hybridized carbons (Fsp3) is 0.632. The van der Waals surface area contributed by atoms with Gasteiger partial charge in [-0.3, -0.25) is 14.9 Å². The third-order valence-electron chi connectivity index (χ3n) is 4.75. The molecule has 0 atom stereocenters. The molecule has 1 aromatic rings. The van der Waals surface area contributed by atoms with E-state index in [0.29, 0.717) is 35.4 Å². The number of nitrogens with zero attached hydrogens (tertiary/aromatic N) is 2. The van der Waals surface area contributed by atoms with Crippen LogP contribution in [0.3, 0.4) is 0 Å². The second-order valence-corrected chi connectivity index (χ2v) is 8.40. The van der Waals surface area contributed by atoms with Crippen molar-refractivity contribution in [1.29, 1.82) is 0 Å². The molecule has 6 nitrogen and oxygen atoms in total. The van der Waals surface area contributed by atoms with Crippen LogP contribution in [0.1, 0.15) is 43.5 Å². The Kier molecular flexibility index (Phi) is 10.1. The number of likely N-dealkylation sites (tertiary alicyclic amines) is 1. The number of hydrogen-bond donors (Lipinski definition) is 1. The van der Waals surface area contributed by atoms with Gasteiger partial charge in [0.25, 0.3) is 11.6 Å². The molecule has 152 valence electrons. The number of thioether (sulfide) groups is 1. The molecule has 1 aliphatic rings. The normalized spacial score (nSPS) is 14.9. The monoisotopic (exact) mass is 415 g/mol. The quantitative estimate of drug-likeness (QED) is 0.390. The predicted molar refractivity (Wildman–Crippen MR) is 113 cm³/mol. The van der Waals surface area contributed by atoms with Gasteiger partial charge >= 0.3 is 0 Å². The first-order chi connectivity index (χ1) is 12.4. The lowest BCUT2D eigenvalue weighted by atomic mass is 9.96. The van der Waals surface area contributed by atoms with Gasteiger partial charge in [0.15, 0.2) is 0 Å². The van der Waals surface area contributed by atoms with E-state index in [4.69, 9.17) is 0 Å². The Labute approximate surface area is 172 Å². The minimum absolute atomic E-state index is 0. The molecule has 1 fully saturated rings. The maximum absolute atomic E-state index is 12.7. The summed E-state index contributed by atoms with van der Waals surface area (Å²) in [5, 5.41) is 14.6. The van der Waals surface area contributed by atoms with Crippen molar-refractivity contribution in [2.45, 2.75) is 38.0 Å². The fourth-order valence-electron chi connectivity index (χ4n) is 3.13. The summed E-state index contributed by atoms with van der Waals surface area (Å²) >= 11 is 1.49. The number of amides is 1. The number of nitro groups is 1. The van der Waals surface area contributed by atoms with Crippen LogP contribution in [0.15, 0.2) is 23.1 Å². The lowest BCUT2D eigenvalue weighted by Crippen LogP contribution is -2.40. The third-order valence-corrected chi connectivity index (χ3v) is 5.85.